The summed E-state index contributed by atoms with van der Waals surface area (Å²) in [6.07, 6.45) is 0.851. The van der Waals surface area contributed by atoms with Crippen LogP contribution < -0.4 is 9.47 Å². The number of likely N-dealkylation sites (tertiary alicyclic amines) is 1. The van der Waals surface area contributed by atoms with E-state index in [1.807, 2.05) is 49.4 Å². The van der Waals surface area contributed by atoms with Gasteiger partial charge < -0.3 is 14.4 Å². The van der Waals surface area contributed by atoms with Gasteiger partial charge in [0, 0.05) is 48.5 Å². The van der Waals surface area contributed by atoms with Gasteiger partial charge in [0.1, 0.15) is 17.3 Å². The Bertz CT molecular complexity index is 1100. The lowest BCUT2D eigenvalue weighted by molar-refractivity contribution is -0.120. The first-order valence-corrected chi connectivity index (χ1v) is 10.1. The molecule has 30 heavy (non-hydrogen) atoms. The van der Waals surface area contributed by atoms with E-state index in [-0.39, 0.29) is 11.7 Å². The van der Waals surface area contributed by atoms with Gasteiger partial charge in [-0.25, -0.2) is 4.98 Å². The number of carbonyl (C=O) groups is 2. The van der Waals surface area contributed by atoms with Crippen LogP contribution in [0.3, 0.4) is 0 Å². The summed E-state index contributed by atoms with van der Waals surface area (Å²) in [5.41, 5.74) is 3.03. The minimum absolute atomic E-state index is 0.0660. The molecule has 2 heterocycles. The van der Waals surface area contributed by atoms with Crippen LogP contribution in [0.5, 0.6) is 11.5 Å². The Kier molecular flexibility index (Phi) is 5.65. The molecule has 0 aliphatic carbocycles. The van der Waals surface area contributed by atoms with Crippen LogP contribution in [-0.2, 0) is 4.79 Å². The number of ketones is 1. The molecule has 1 fully saturated rings. The maximum absolute atomic E-state index is 12.9. The van der Waals surface area contributed by atoms with E-state index >= 15 is 0 Å². The zero-order valence-corrected chi connectivity index (χ0v) is 17.2. The molecule has 1 aliphatic rings. The third-order valence-electron chi connectivity index (χ3n) is 5.29. The van der Waals surface area contributed by atoms with Crippen molar-refractivity contribution in [2.45, 2.75) is 19.8 Å². The van der Waals surface area contributed by atoms with Crippen LogP contribution in [-0.4, -0.2) is 48.4 Å². The molecule has 3 aromatic rings. The van der Waals surface area contributed by atoms with Crippen molar-refractivity contribution < 1.29 is 19.1 Å². The smallest absolute Gasteiger partial charge is 0.253 e. The van der Waals surface area contributed by atoms with Crippen molar-refractivity contribution in [1.82, 2.24) is 9.88 Å². The molecule has 1 aliphatic heterocycles. The summed E-state index contributed by atoms with van der Waals surface area (Å²) >= 11 is 0. The van der Waals surface area contributed by atoms with Crippen molar-refractivity contribution in [2.24, 2.45) is 0 Å². The third kappa shape index (κ3) is 3.99. The summed E-state index contributed by atoms with van der Waals surface area (Å²) in [5.74, 6) is 1.59. The van der Waals surface area contributed by atoms with Crippen LogP contribution in [0.15, 0.2) is 48.5 Å². The molecule has 0 bridgehead atoms. The van der Waals surface area contributed by atoms with Crippen molar-refractivity contribution in [1.29, 1.82) is 0 Å². The molecular weight excluding hydrogens is 380 g/mol. The molecule has 0 spiro atoms. The van der Waals surface area contributed by atoms with E-state index in [0.717, 1.165) is 27.9 Å². The maximum Gasteiger partial charge on any atom is 0.253 e. The molecule has 154 valence electrons. The lowest BCUT2D eigenvalue weighted by Gasteiger charge is -2.26. The molecule has 0 saturated carbocycles. The first-order valence-electron chi connectivity index (χ1n) is 10.1. The number of rotatable bonds is 5. The fraction of sp³-hybridized carbons (Fsp3) is 0.292. The fourth-order valence-corrected chi connectivity index (χ4v) is 3.67. The van der Waals surface area contributed by atoms with Gasteiger partial charge in [0.05, 0.1) is 24.9 Å². The largest absolute Gasteiger partial charge is 0.497 e. The van der Waals surface area contributed by atoms with Crippen molar-refractivity contribution in [3.05, 3.63) is 54.1 Å². The molecule has 1 aromatic heterocycles. The van der Waals surface area contributed by atoms with E-state index in [4.69, 9.17) is 14.5 Å². The number of methoxy groups -OCH3 is 1. The Morgan fingerprint density at radius 3 is 2.63 bits per heavy atom. The SMILES string of the molecule is CCOc1cc(-c2cccc(OC)c2)nc2ccc(C(=O)N3CCC(=O)CC3)cc12. The topological polar surface area (TPSA) is 68.7 Å². The van der Waals surface area contributed by atoms with Crippen molar-refractivity contribution in [3.63, 3.8) is 0 Å². The number of piperidine rings is 1. The third-order valence-corrected chi connectivity index (χ3v) is 5.29. The fourth-order valence-electron chi connectivity index (χ4n) is 3.67. The van der Waals surface area contributed by atoms with Crippen LogP contribution >= 0.6 is 0 Å². The predicted octanol–water partition coefficient (Wildman–Crippen LogP) is 4.11. The average Bonchev–Trinajstić information content (AvgIpc) is 2.79. The van der Waals surface area contributed by atoms with E-state index < -0.39 is 0 Å². The molecule has 4 rings (SSSR count). The number of nitrogens with zero attached hydrogens (tertiary/aromatic N) is 2. The van der Waals surface area contributed by atoms with E-state index in [2.05, 4.69) is 0 Å². The second-order valence-corrected chi connectivity index (χ2v) is 7.23. The minimum Gasteiger partial charge on any atom is -0.497 e. The Hall–Kier alpha value is -3.41. The number of Topliss-reactive ketones (excluding diaryl/α,β-unsaturated/α-hetero) is 1. The predicted molar refractivity (Wildman–Crippen MR) is 115 cm³/mol. The maximum atomic E-state index is 12.9. The Balaban J connectivity index is 1.73. The molecule has 6 nitrogen and oxygen atoms in total. The van der Waals surface area contributed by atoms with Crippen LogP contribution in [0.4, 0.5) is 0 Å². The highest BCUT2D eigenvalue weighted by Gasteiger charge is 2.22. The molecule has 0 N–H and O–H groups in total. The summed E-state index contributed by atoms with van der Waals surface area (Å²) in [4.78, 5) is 30.9. The standard InChI is InChI=1S/C24H24N2O4/c1-3-30-23-15-22(16-5-4-6-19(13-16)29-2)25-21-8-7-17(14-20(21)23)24(28)26-11-9-18(27)10-12-26/h4-8,13-15H,3,9-12H2,1-2H3. The molecule has 2 aromatic carbocycles. The Labute approximate surface area is 175 Å². The lowest BCUT2D eigenvalue weighted by atomic mass is 10.0. The first kappa shape index (κ1) is 19.9. The Morgan fingerprint density at radius 1 is 1.10 bits per heavy atom. The van der Waals surface area contributed by atoms with Crippen LogP contribution in [0, 0.1) is 0 Å². The summed E-state index contributed by atoms with van der Waals surface area (Å²) in [6.45, 7) is 3.38. The van der Waals surface area contributed by atoms with E-state index in [0.29, 0.717) is 43.9 Å². The summed E-state index contributed by atoms with van der Waals surface area (Å²) in [6, 6.07) is 15.1. The first-order chi connectivity index (χ1) is 14.6. The van der Waals surface area contributed by atoms with Gasteiger partial charge in [0.2, 0.25) is 0 Å². The summed E-state index contributed by atoms with van der Waals surface area (Å²) in [5, 5.41) is 0.794. The summed E-state index contributed by atoms with van der Waals surface area (Å²) < 4.78 is 11.2. The Morgan fingerprint density at radius 2 is 1.90 bits per heavy atom. The van der Waals surface area contributed by atoms with Crippen molar-refractivity contribution in [3.8, 4) is 22.8 Å². The highest BCUT2D eigenvalue weighted by molar-refractivity contribution is 6.00. The molecule has 1 amide bonds. The van der Waals surface area contributed by atoms with Gasteiger partial charge in [-0.1, -0.05) is 12.1 Å². The van der Waals surface area contributed by atoms with Gasteiger partial charge >= 0.3 is 0 Å². The van der Waals surface area contributed by atoms with Gasteiger partial charge in [-0.05, 0) is 37.3 Å². The van der Waals surface area contributed by atoms with Gasteiger partial charge in [-0.2, -0.15) is 0 Å². The molecule has 6 heteroatoms. The number of hydrogen-bond donors (Lipinski definition) is 0. The molecular formula is C24H24N2O4. The number of amides is 1. The monoisotopic (exact) mass is 404 g/mol. The number of pyridine rings is 1. The number of aromatic nitrogens is 1. The number of hydrogen-bond acceptors (Lipinski definition) is 5. The van der Waals surface area contributed by atoms with E-state index in [9.17, 15) is 9.59 Å². The zero-order chi connectivity index (χ0) is 21.1. The number of fused-ring (bicyclic) bond motifs is 1. The number of benzene rings is 2. The van der Waals surface area contributed by atoms with Crippen molar-refractivity contribution >= 4 is 22.6 Å². The van der Waals surface area contributed by atoms with Crippen molar-refractivity contribution in [2.75, 3.05) is 26.8 Å². The second kappa shape index (κ2) is 8.53. The average molecular weight is 404 g/mol. The van der Waals surface area contributed by atoms with Crippen LogP contribution in [0.2, 0.25) is 0 Å². The highest BCUT2D eigenvalue weighted by atomic mass is 16.5. The number of carbonyl (C=O) groups excluding carboxylic acids is 2. The highest BCUT2D eigenvalue weighted by Crippen LogP contribution is 2.32. The minimum atomic E-state index is -0.0660. The second-order valence-electron chi connectivity index (χ2n) is 7.23. The van der Waals surface area contributed by atoms with E-state index in [1.165, 1.54) is 0 Å². The quantitative estimate of drug-likeness (QED) is 0.640. The zero-order valence-electron chi connectivity index (χ0n) is 17.2. The lowest BCUT2D eigenvalue weighted by Crippen LogP contribution is -2.38. The van der Waals surface area contributed by atoms with Gasteiger partial charge in [0.15, 0.2) is 0 Å². The van der Waals surface area contributed by atoms with E-state index in [1.54, 1.807) is 18.1 Å². The molecule has 0 atom stereocenters. The molecule has 1 saturated heterocycles. The molecule has 0 radical (unpaired) electrons. The molecule has 0 unspecified atom stereocenters. The van der Waals surface area contributed by atoms with Crippen LogP contribution in [0.25, 0.3) is 22.2 Å². The van der Waals surface area contributed by atoms with Crippen LogP contribution in [0.1, 0.15) is 30.1 Å². The van der Waals surface area contributed by atoms with Gasteiger partial charge in [0.25, 0.3) is 5.91 Å². The van der Waals surface area contributed by atoms with Gasteiger partial charge in [-0.3, -0.25) is 9.59 Å². The van der Waals surface area contributed by atoms with Gasteiger partial charge in [-0.15, -0.1) is 0 Å². The summed E-state index contributed by atoms with van der Waals surface area (Å²) in [7, 11) is 1.63. The number of ether oxygens (including phenoxy) is 2. The normalized spacial score (nSPS) is 14.1.